The number of hydrogen-bond acceptors (Lipinski definition) is 6. The Morgan fingerprint density at radius 1 is 1.12 bits per heavy atom. The zero-order chi connectivity index (χ0) is 24.9. The molecule has 3 aromatic carbocycles. The molecule has 0 aliphatic carbocycles. The predicted octanol–water partition coefficient (Wildman–Crippen LogP) is 5.58. The number of ether oxygens (including phenoxy) is 1. The van der Waals surface area contributed by atoms with Gasteiger partial charge in [0.15, 0.2) is 11.5 Å². The number of methoxy groups -OCH3 is 1. The molecule has 0 heterocycles. The van der Waals surface area contributed by atoms with E-state index in [2.05, 4.69) is 5.32 Å². The van der Waals surface area contributed by atoms with E-state index in [1.54, 1.807) is 18.2 Å². The molecule has 0 aliphatic rings. The van der Waals surface area contributed by atoms with Crippen molar-refractivity contribution in [3.8, 4) is 17.6 Å². The van der Waals surface area contributed by atoms with Crippen LogP contribution in [0.3, 0.4) is 0 Å². The monoisotopic (exact) mass is 608 g/mol. The van der Waals surface area contributed by atoms with Gasteiger partial charge < -0.3 is 14.2 Å². The number of nitrogens with zero attached hydrogens (tertiary/aromatic N) is 1. The van der Waals surface area contributed by atoms with E-state index in [0.717, 1.165) is 5.56 Å². The summed E-state index contributed by atoms with van der Waals surface area (Å²) in [5, 5.41) is 12.6. The van der Waals surface area contributed by atoms with Gasteiger partial charge in [0.25, 0.3) is 5.91 Å². The van der Waals surface area contributed by atoms with Crippen molar-refractivity contribution < 1.29 is 22.1 Å². The number of nitrogens with one attached hydrogen (secondary N) is 1. The number of nitriles is 1. The molecule has 3 aromatic rings. The number of rotatable bonds is 7. The minimum atomic E-state index is -4.15. The van der Waals surface area contributed by atoms with Crippen LogP contribution in [0, 0.1) is 21.8 Å². The molecule has 0 atom stereocenters. The average Bonchev–Trinajstić information content (AvgIpc) is 2.80. The molecule has 0 aromatic heterocycles. The van der Waals surface area contributed by atoms with Crippen LogP contribution in [0.25, 0.3) is 6.08 Å². The minimum absolute atomic E-state index is 0.0159. The van der Waals surface area contributed by atoms with Crippen LogP contribution in [0.15, 0.2) is 71.1 Å². The first-order chi connectivity index (χ1) is 16.1. The van der Waals surface area contributed by atoms with Crippen LogP contribution in [-0.4, -0.2) is 21.4 Å². The van der Waals surface area contributed by atoms with Crippen LogP contribution in [0.4, 0.5) is 5.69 Å². The summed E-state index contributed by atoms with van der Waals surface area (Å²) < 4.78 is 36.4. The molecular weight excluding hydrogens is 591 g/mol. The molecule has 0 spiro atoms. The van der Waals surface area contributed by atoms with Crippen LogP contribution in [0.2, 0.25) is 5.02 Å². The maximum Gasteiger partial charge on any atom is 0.339 e. The van der Waals surface area contributed by atoms with Crippen molar-refractivity contribution in [1.29, 1.82) is 5.26 Å². The summed E-state index contributed by atoms with van der Waals surface area (Å²) in [6.45, 7) is 1.93. The first-order valence-corrected chi connectivity index (χ1v) is 12.6. The molecule has 1 amide bonds. The molecular formula is C24H18ClIN2O5S. The van der Waals surface area contributed by atoms with Gasteiger partial charge in [-0.3, -0.25) is 4.79 Å². The fourth-order valence-corrected chi connectivity index (χ4v) is 4.78. The van der Waals surface area contributed by atoms with Gasteiger partial charge in [0.2, 0.25) is 0 Å². The molecule has 174 valence electrons. The summed E-state index contributed by atoms with van der Waals surface area (Å²) in [7, 11) is -2.80. The Kier molecular flexibility index (Phi) is 8.19. The highest BCUT2D eigenvalue weighted by Crippen LogP contribution is 2.36. The van der Waals surface area contributed by atoms with Gasteiger partial charge >= 0.3 is 10.1 Å². The second-order valence-corrected chi connectivity index (χ2v) is 10.2. The zero-order valence-corrected chi connectivity index (χ0v) is 21.7. The zero-order valence-electron chi connectivity index (χ0n) is 18.0. The number of benzene rings is 3. The molecule has 7 nitrogen and oxygen atoms in total. The van der Waals surface area contributed by atoms with Gasteiger partial charge in [-0.15, -0.1) is 0 Å². The van der Waals surface area contributed by atoms with E-state index >= 15 is 0 Å². The largest absolute Gasteiger partial charge is 0.493 e. The third-order valence-corrected chi connectivity index (χ3v) is 6.82. The number of halogens is 2. The van der Waals surface area contributed by atoms with Gasteiger partial charge in [-0.05, 0) is 89.7 Å². The number of hydrogen-bond donors (Lipinski definition) is 1. The number of carbonyl (C=O) groups is 1. The summed E-state index contributed by atoms with van der Waals surface area (Å²) in [6.07, 6.45) is 1.38. The Morgan fingerprint density at radius 3 is 2.35 bits per heavy atom. The molecule has 34 heavy (non-hydrogen) atoms. The molecule has 0 fully saturated rings. The first kappa shape index (κ1) is 25.6. The predicted molar refractivity (Wildman–Crippen MR) is 138 cm³/mol. The van der Waals surface area contributed by atoms with Gasteiger partial charge in [0.05, 0.1) is 10.7 Å². The van der Waals surface area contributed by atoms with E-state index in [1.165, 1.54) is 43.5 Å². The molecule has 0 radical (unpaired) electrons. The van der Waals surface area contributed by atoms with Gasteiger partial charge in [-0.2, -0.15) is 13.7 Å². The SMILES string of the molecule is COc1cc(/C=C(\C#N)C(=O)Nc2ccc(C)cc2)cc(I)c1OS(=O)(=O)c1ccc(Cl)cc1. The van der Waals surface area contributed by atoms with Crippen molar-refractivity contribution in [2.24, 2.45) is 0 Å². The number of amides is 1. The smallest absolute Gasteiger partial charge is 0.339 e. The number of aryl methyl sites for hydroxylation is 1. The Hall–Kier alpha value is -3.07. The first-order valence-electron chi connectivity index (χ1n) is 9.70. The third-order valence-electron chi connectivity index (χ3n) is 4.53. The maximum atomic E-state index is 12.7. The summed E-state index contributed by atoms with van der Waals surface area (Å²) in [6, 6.07) is 17.7. The molecule has 0 saturated carbocycles. The Morgan fingerprint density at radius 2 is 1.76 bits per heavy atom. The van der Waals surface area contributed by atoms with Crippen LogP contribution in [0.1, 0.15) is 11.1 Å². The topological polar surface area (TPSA) is 105 Å². The highest BCUT2D eigenvalue weighted by Gasteiger charge is 2.22. The van der Waals surface area contributed by atoms with Crippen molar-refractivity contribution in [2.75, 3.05) is 12.4 Å². The second-order valence-electron chi connectivity index (χ2n) is 7.02. The lowest BCUT2D eigenvalue weighted by molar-refractivity contribution is -0.112. The van der Waals surface area contributed by atoms with E-state index in [-0.39, 0.29) is 22.0 Å². The summed E-state index contributed by atoms with van der Waals surface area (Å²) in [5.74, 6) is -0.476. The van der Waals surface area contributed by atoms with E-state index in [4.69, 9.17) is 20.5 Å². The quantitative estimate of drug-likeness (QED) is 0.163. The normalized spacial score (nSPS) is 11.4. The molecule has 0 saturated heterocycles. The van der Waals surface area contributed by atoms with Crippen LogP contribution in [-0.2, 0) is 14.9 Å². The number of carbonyl (C=O) groups excluding carboxylic acids is 1. The highest BCUT2D eigenvalue weighted by atomic mass is 127. The van der Waals surface area contributed by atoms with E-state index in [1.807, 2.05) is 47.7 Å². The molecule has 0 unspecified atom stereocenters. The molecule has 3 rings (SSSR count). The van der Waals surface area contributed by atoms with Gasteiger partial charge in [-0.25, -0.2) is 0 Å². The summed E-state index contributed by atoms with van der Waals surface area (Å²) in [5.41, 5.74) is 1.91. The van der Waals surface area contributed by atoms with Gasteiger partial charge in [0.1, 0.15) is 16.5 Å². The second kappa shape index (κ2) is 10.9. The van der Waals surface area contributed by atoms with Crippen LogP contribution < -0.4 is 14.2 Å². The molecule has 0 bridgehead atoms. The van der Waals surface area contributed by atoms with Crippen LogP contribution >= 0.6 is 34.2 Å². The standard InChI is InChI=1S/C24H18ClIN2O5S/c1-15-3-7-19(8-4-15)28-24(29)17(14-27)11-16-12-21(26)23(22(13-16)32-2)33-34(30,31)20-9-5-18(25)6-10-20/h3-13H,1-2H3,(H,28,29)/b17-11+. The summed E-state index contributed by atoms with van der Waals surface area (Å²) in [4.78, 5) is 12.5. The van der Waals surface area contributed by atoms with Gasteiger partial charge in [-0.1, -0.05) is 29.3 Å². The number of anilines is 1. The Labute approximate surface area is 216 Å². The van der Waals surface area contributed by atoms with Crippen molar-refractivity contribution in [3.63, 3.8) is 0 Å². The lowest BCUT2D eigenvalue weighted by Crippen LogP contribution is -2.13. The summed E-state index contributed by atoms with van der Waals surface area (Å²) >= 11 is 7.72. The minimum Gasteiger partial charge on any atom is -0.493 e. The molecule has 1 N–H and O–H groups in total. The Bertz CT molecular complexity index is 1400. The van der Waals surface area contributed by atoms with Crippen molar-refractivity contribution in [2.45, 2.75) is 11.8 Å². The lowest BCUT2D eigenvalue weighted by atomic mass is 10.1. The highest BCUT2D eigenvalue weighted by molar-refractivity contribution is 14.1. The maximum absolute atomic E-state index is 12.7. The van der Waals surface area contributed by atoms with Crippen LogP contribution in [0.5, 0.6) is 11.5 Å². The Balaban J connectivity index is 1.90. The lowest BCUT2D eigenvalue weighted by Gasteiger charge is -2.14. The van der Waals surface area contributed by atoms with Crippen molar-refractivity contribution >= 4 is 62.0 Å². The average molecular weight is 609 g/mol. The van der Waals surface area contributed by atoms with Crippen molar-refractivity contribution in [3.05, 3.63) is 86.0 Å². The van der Waals surface area contributed by atoms with E-state index in [0.29, 0.717) is 19.8 Å². The fourth-order valence-electron chi connectivity index (χ4n) is 2.81. The van der Waals surface area contributed by atoms with E-state index in [9.17, 15) is 18.5 Å². The fraction of sp³-hybridized carbons (Fsp3) is 0.0833. The van der Waals surface area contributed by atoms with E-state index < -0.39 is 16.0 Å². The third kappa shape index (κ3) is 6.28. The van der Waals surface area contributed by atoms with Crippen molar-refractivity contribution in [1.82, 2.24) is 0 Å². The molecule has 10 heteroatoms. The molecule has 0 aliphatic heterocycles. The van der Waals surface area contributed by atoms with Gasteiger partial charge in [0, 0.05) is 10.7 Å².